The summed E-state index contributed by atoms with van der Waals surface area (Å²) < 4.78 is 37.9. The molecule has 1 aromatic carbocycles. The van der Waals surface area contributed by atoms with Gasteiger partial charge in [-0.25, -0.2) is 0 Å². The van der Waals surface area contributed by atoms with Crippen LogP contribution in [0.1, 0.15) is 24.0 Å². The molecule has 0 heterocycles. The van der Waals surface area contributed by atoms with Crippen LogP contribution in [0.2, 0.25) is 0 Å². The lowest BCUT2D eigenvalue weighted by molar-refractivity contribution is -0.137. The molecule has 0 saturated heterocycles. The van der Waals surface area contributed by atoms with Crippen molar-refractivity contribution in [3.63, 3.8) is 0 Å². The SMILES string of the molecule is NC(=O)[C@@H](Cc1cccc(C(F)(F)F)c1)NC(=O)C1CC1. The van der Waals surface area contributed by atoms with E-state index in [9.17, 15) is 22.8 Å². The molecule has 0 spiro atoms. The van der Waals surface area contributed by atoms with E-state index in [2.05, 4.69) is 5.32 Å². The lowest BCUT2D eigenvalue weighted by atomic mass is 10.0. The number of carbonyl (C=O) groups excluding carboxylic acids is 2. The van der Waals surface area contributed by atoms with Crippen LogP contribution in [0.15, 0.2) is 24.3 Å². The maximum atomic E-state index is 12.6. The molecule has 2 rings (SSSR count). The lowest BCUT2D eigenvalue weighted by Gasteiger charge is -2.16. The molecule has 114 valence electrons. The fraction of sp³-hybridized carbons (Fsp3) is 0.429. The van der Waals surface area contributed by atoms with Crippen LogP contribution in [0.25, 0.3) is 0 Å². The minimum atomic E-state index is -4.45. The van der Waals surface area contributed by atoms with E-state index < -0.39 is 23.7 Å². The van der Waals surface area contributed by atoms with Gasteiger partial charge in [-0.3, -0.25) is 9.59 Å². The molecule has 1 fully saturated rings. The van der Waals surface area contributed by atoms with E-state index in [0.29, 0.717) is 5.56 Å². The van der Waals surface area contributed by atoms with Crippen molar-refractivity contribution in [1.29, 1.82) is 0 Å². The first-order chi connectivity index (χ1) is 9.77. The molecular weight excluding hydrogens is 285 g/mol. The van der Waals surface area contributed by atoms with Crippen molar-refractivity contribution in [2.75, 3.05) is 0 Å². The highest BCUT2D eigenvalue weighted by Gasteiger charge is 2.33. The number of nitrogens with two attached hydrogens (primary N) is 1. The van der Waals surface area contributed by atoms with Crippen LogP contribution in [-0.4, -0.2) is 17.9 Å². The fourth-order valence-corrected chi connectivity index (χ4v) is 1.97. The Morgan fingerprint density at radius 3 is 2.52 bits per heavy atom. The summed E-state index contributed by atoms with van der Waals surface area (Å²) in [6, 6.07) is 3.64. The quantitative estimate of drug-likeness (QED) is 0.867. The van der Waals surface area contributed by atoms with Crippen molar-refractivity contribution >= 4 is 11.8 Å². The van der Waals surface area contributed by atoms with Gasteiger partial charge in [0, 0.05) is 12.3 Å². The van der Waals surface area contributed by atoms with Gasteiger partial charge in [-0.05, 0) is 24.5 Å². The van der Waals surface area contributed by atoms with Crippen LogP contribution in [-0.2, 0) is 22.2 Å². The Hall–Kier alpha value is -2.05. The summed E-state index contributed by atoms with van der Waals surface area (Å²) in [4.78, 5) is 23.0. The van der Waals surface area contributed by atoms with Gasteiger partial charge in [0.25, 0.3) is 0 Å². The van der Waals surface area contributed by atoms with E-state index in [4.69, 9.17) is 5.73 Å². The molecule has 1 saturated carbocycles. The molecule has 0 aromatic heterocycles. The maximum Gasteiger partial charge on any atom is 0.416 e. The van der Waals surface area contributed by atoms with Crippen LogP contribution >= 0.6 is 0 Å². The van der Waals surface area contributed by atoms with Crippen LogP contribution in [0.5, 0.6) is 0 Å². The van der Waals surface area contributed by atoms with E-state index in [1.165, 1.54) is 12.1 Å². The Bertz CT molecular complexity index is 553. The van der Waals surface area contributed by atoms with E-state index in [0.717, 1.165) is 25.0 Å². The summed E-state index contributed by atoms with van der Waals surface area (Å²) >= 11 is 0. The smallest absolute Gasteiger partial charge is 0.368 e. The molecule has 0 unspecified atom stereocenters. The second kappa shape index (κ2) is 5.75. The third-order valence-corrected chi connectivity index (χ3v) is 3.30. The highest BCUT2D eigenvalue weighted by atomic mass is 19.4. The van der Waals surface area contributed by atoms with Gasteiger partial charge in [-0.2, -0.15) is 13.2 Å². The Morgan fingerprint density at radius 1 is 1.33 bits per heavy atom. The lowest BCUT2D eigenvalue weighted by Crippen LogP contribution is -2.46. The van der Waals surface area contributed by atoms with Crippen molar-refractivity contribution in [1.82, 2.24) is 5.32 Å². The largest absolute Gasteiger partial charge is 0.416 e. The van der Waals surface area contributed by atoms with Crippen molar-refractivity contribution in [3.8, 4) is 0 Å². The van der Waals surface area contributed by atoms with Gasteiger partial charge < -0.3 is 11.1 Å². The third-order valence-electron chi connectivity index (χ3n) is 3.30. The Labute approximate surface area is 119 Å². The Morgan fingerprint density at radius 2 is 2.00 bits per heavy atom. The molecule has 1 atom stereocenters. The number of benzene rings is 1. The second-order valence-electron chi connectivity index (χ2n) is 5.14. The topological polar surface area (TPSA) is 72.2 Å². The van der Waals surface area contributed by atoms with Gasteiger partial charge >= 0.3 is 6.18 Å². The number of halogens is 3. The average Bonchev–Trinajstić information content (AvgIpc) is 3.21. The first-order valence-electron chi connectivity index (χ1n) is 6.53. The summed E-state index contributed by atoms with van der Waals surface area (Å²) in [6.07, 6.45) is -2.98. The minimum Gasteiger partial charge on any atom is -0.368 e. The number of hydrogen-bond donors (Lipinski definition) is 2. The Balaban J connectivity index is 2.09. The average molecular weight is 300 g/mol. The molecule has 1 aromatic rings. The van der Waals surface area contributed by atoms with Gasteiger partial charge in [0.2, 0.25) is 11.8 Å². The van der Waals surface area contributed by atoms with Crippen LogP contribution in [0.3, 0.4) is 0 Å². The summed E-state index contributed by atoms with van der Waals surface area (Å²) in [7, 11) is 0. The molecule has 2 amide bonds. The summed E-state index contributed by atoms with van der Waals surface area (Å²) in [6.45, 7) is 0. The number of alkyl halides is 3. The zero-order valence-corrected chi connectivity index (χ0v) is 11.1. The van der Waals surface area contributed by atoms with Crippen molar-refractivity contribution < 1.29 is 22.8 Å². The summed E-state index contributed by atoms with van der Waals surface area (Å²) in [5, 5.41) is 2.49. The highest BCUT2D eigenvalue weighted by Crippen LogP contribution is 2.30. The number of rotatable bonds is 5. The predicted octanol–water partition coefficient (Wildman–Crippen LogP) is 1.63. The first kappa shape index (κ1) is 15.3. The minimum absolute atomic E-state index is 0.0578. The summed E-state index contributed by atoms with van der Waals surface area (Å²) in [5.41, 5.74) is 4.70. The van der Waals surface area contributed by atoms with Crippen molar-refractivity contribution in [2.45, 2.75) is 31.5 Å². The molecular formula is C14H15F3N2O2. The monoisotopic (exact) mass is 300 g/mol. The molecule has 3 N–H and O–H groups in total. The van der Waals surface area contributed by atoms with Gasteiger partial charge in [0.15, 0.2) is 0 Å². The number of hydrogen-bond acceptors (Lipinski definition) is 2. The van der Waals surface area contributed by atoms with Gasteiger partial charge in [0.1, 0.15) is 6.04 Å². The van der Waals surface area contributed by atoms with E-state index in [1.54, 1.807) is 0 Å². The maximum absolute atomic E-state index is 12.6. The summed E-state index contributed by atoms with van der Waals surface area (Å²) in [5.74, 6) is -1.14. The fourth-order valence-electron chi connectivity index (χ4n) is 1.97. The number of amides is 2. The molecule has 1 aliphatic carbocycles. The third kappa shape index (κ3) is 4.21. The van der Waals surface area contributed by atoms with Crippen molar-refractivity contribution in [3.05, 3.63) is 35.4 Å². The predicted molar refractivity (Wildman–Crippen MR) is 69.0 cm³/mol. The standard InChI is InChI=1S/C14H15F3N2O2/c15-14(16,17)10-3-1-2-8(6-10)7-11(12(18)20)19-13(21)9-4-5-9/h1-3,6,9,11H,4-5,7H2,(H2,18,20)(H,19,21)/t11-/m1/s1. The zero-order chi connectivity index (χ0) is 15.6. The molecule has 7 heteroatoms. The number of carbonyl (C=O) groups is 2. The molecule has 0 bridgehead atoms. The van der Waals surface area contributed by atoms with Crippen LogP contribution in [0, 0.1) is 5.92 Å². The van der Waals surface area contributed by atoms with E-state index in [1.807, 2.05) is 0 Å². The van der Waals surface area contributed by atoms with Crippen molar-refractivity contribution in [2.24, 2.45) is 11.7 Å². The van der Waals surface area contributed by atoms with E-state index >= 15 is 0 Å². The van der Waals surface area contributed by atoms with Gasteiger partial charge in [-0.15, -0.1) is 0 Å². The normalized spacial score (nSPS) is 16.3. The first-order valence-corrected chi connectivity index (χ1v) is 6.53. The number of primary amides is 1. The Kier molecular flexibility index (Phi) is 4.20. The number of nitrogens with one attached hydrogen (secondary N) is 1. The van der Waals surface area contributed by atoms with Crippen LogP contribution in [0.4, 0.5) is 13.2 Å². The second-order valence-corrected chi connectivity index (χ2v) is 5.14. The van der Waals surface area contributed by atoms with Crippen LogP contribution < -0.4 is 11.1 Å². The van der Waals surface area contributed by atoms with E-state index in [-0.39, 0.29) is 18.2 Å². The molecule has 21 heavy (non-hydrogen) atoms. The van der Waals surface area contributed by atoms with Gasteiger partial charge in [0.05, 0.1) is 5.56 Å². The molecule has 0 aliphatic heterocycles. The highest BCUT2D eigenvalue weighted by molar-refractivity contribution is 5.88. The molecule has 0 radical (unpaired) electrons. The van der Waals surface area contributed by atoms with Gasteiger partial charge in [-0.1, -0.05) is 18.2 Å². The zero-order valence-electron chi connectivity index (χ0n) is 11.1. The molecule has 1 aliphatic rings. The molecule has 4 nitrogen and oxygen atoms in total.